The van der Waals surface area contributed by atoms with E-state index in [1.54, 1.807) is 48.8 Å². The molecule has 0 unspecified atom stereocenters. The fraction of sp³-hybridized carbons (Fsp3) is 0.0400. The molecule has 1 N–H and O–H groups in total. The molecule has 0 fully saturated rings. The lowest BCUT2D eigenvalue weighted by Gasteiger charge is -2.16. The minimum absolute atomic E-state index is 0.196. The van der Waals surface area contributed by atoms with Crippen molar-refractivity contribution in [2.24, 2.45) is 0 Å². The zero-order chi connectivity index (χ0) is 24.8. The number of amides is 2. The molecule has 0 atom stereocenters. The summed E-state index contributed by atoms with van der Waals surface area (Å²) in [5.41, 5.74) is 1.87. The van der Waals surface area contributed by atoms with E-state index in [0.29, 0.717) is 33.3 Å². The van der Waals surface area contributed by atoms with E-state index in [4.69, 9.17) is 0 Å². The van der Waals surface area contributed by atoms with Crippen LogP contribution in [0, 0.1) is 5.82 Å². The number of fused-ring (bicyclic) bond motifs is 2. The van der Waals surface area contributed by atoms with E-state index >= 15 is 0 Å². The van der Waals surface area contributed by atoms with Crippen molar-refractivity contribution in [2.45, 2.75) is 0 Å². The number of aromatic nitrogens is 4. The predicted molar refractivity (Wildman–Crippen MR) is 132 cm³/mol. The third-order valence-corrected chi connectivity index (χ3v) is 6.69. The summed E-state index contributed by atoms with van der Waals surface area (Å²) in [7, 11) is 0. The van der Waals surface area contributed by atoms with E-state index in [2.05, 4.69) is 20.4 Å². The Hall–Kier alpha value is -4.77. The Balaban J connectivity index is 1.39. The molecule has 1 aliphatic rings. The molecule has 0 aliphatic carbocycles. The second-order valence-electron chi connectivity index (χ2n) is 7.95. The first kappa shape index (κ1) is 21.7. The minimum atomic E-state index is -0.473. The van der Waals surface area contributed by atoms with Gasteiger partial charge in [0.15, 0.2) is 5.82 Å². The van der Waals surface area contributed by atoms with Gasteiger partial charge < -0.3 is 5.32 Å². The molecule has 4 heterocycles. The number of hydrogen-bond acceptors (Lipinski definition) is 7. The van der Waals surface area contributed by atoms with E-state index in [1.807, 2.05) is 0 Å². The van der Waals surface area contributed by atoms with Crippen LogP contribution in [0.2, 0.25) is 0 Å². The molecule has 0 spiro atoms. The number of thiazole rings is 1. The van der Waals surface area contributed by atoms with Gasteiger partial charge in [-0.1, -0.05) is 29.5 Å². The quantitative estimate of drug-likeness (QED) is 0.407. The summed E-state index contributed by atoms with van der Waals surface area (Å²) >= 11 is 1.06. The summed E-state index contributed by atoms with van der Waals surface area (Å²) in [6, 6.07) is 15.8. The van der Waals surface area contributed by atoms with Gasteiger partial charge >= 0.3 is 0 Å². The number of para-hydroxylation sites is 1. The third-order valence-electron chi connectivity index (χ3n) is 5.66. The highest BCUT2D eigenvalue weighted by atomic mass is 32.1. The number of benzene rings is 2. The average molecular weight is 498 g/mol. The van der Waals surface area contributed by atoms with Crippen LogP contribution < -0.4 is 20.3 Å². The van der Waals surface area contributed by atoms with Crippen LogP contribution in [0.1, 0.15) is 5.56 Å². The fourth-order valence-corrected chi connectivity index (χ4v) is 5.03. The van der Waals surface area contributed by atoms with Crippen molar-refractivity contribution in [3.05, 3.63) is 99.3 Å². The van der Waals surface area contributed by atoms with Gasteiger partial charge in [-0.15, -0.1) is 5.10 Å². The van der Waals surface area contributed by atoms with Gasteiger partial charge in [0.25, 0.3) is 11.5 Å². The molecule has 0 bridgehead atoms. The summed E-state index contributed by atoms with van der Waals surface area (Å²) in [4.78, 5) is 49.6. The van der Waals surface area contributed by atoms with Crippen molar-refractivity contribution in [2.75, 3.05) is 16.8 Å². The molecule has 5 aromatic rings. The molecule has 176 valence electrons. The standard InChI is InChI=1S/C25H15FN6O3S/c26-15-7-9-16(10-8-15)28-19(33)13-31-18-6-2-1-5-17(18)20(23(31)34)21-24(35)32-25(36-21)29-22(30-32)14-4-3-11-27-12-14/h1-12H,13H2,(H,28,33). The number of rotatable bonds is 4. The van der Waals surface area contributed by atoms with Gasteiger partial charge in [-0.25, -0.2) is 4.39 Å². The number of nitrogens with zero attached hydrogens (tertiary/aromatic N) is 5. The number of carbonyl (C=O) groups excluding carboxylic acids is 2. The summed E-state index contributed by atoms with van der Waals surface area (Å²) in [5.74, 6) is -0.995. The molecule has 2 aromatic carbocycles. The maximum absolute atomic E-state index is 13.5. The Kier molecular flexibility index (Phi) is 5.11. The lowest BCUT2D eigenvalue weighted by atomic mass is 10.1. The highest BCUT2D eigenvalue weighted by molar-refractivity contribution is 7.15. The van der Waals surface area contributed by atoms with Gasteiger partial charge in [0.05, 0.1) is 11.3 Å². The van der Waals surface area contributed by atoms with E-state index in [-0.39, 0.29) is 16.7 Å². The molecule has 0 saturated carbocycles. The molecule has 2 amide bonds. The Bertz CT molecular complexity index is 1770. The molecule has 36 heavy (non-hydrogen) atoms. The number of anilines is 2. The lowest BCUT2D eigenvalue weighted by Crippen LogP contribution is -2.37. The summed E-state index contributed by atoms with van der Waals surface area (Å²) in [6.45, 7) is -0.281. The lowest BCUT2D eigenvalue weighted by molar-refractivity contribution is -0.118. The molecule has 9 nitrogen and oxygen atoms in total. The minimum Gasteiger partial charge on any atom is -0.325 e. The zero-order valence-electron chi connectivity index (χ0n) is 18.4. The van der Waals surface area contributed by atoms with Gasteiger partial charge in [-0.2, -0.15) is 9.50 Å². The van der Waals surface area contributed by atoms with Crippen LogP contribution in [0.3, 0.4) is 0 Å². The average Bonchev–Trinajstić information content (AvgIpc) is 3.52. The van der Waals surface area contributed by atoms with Crippen LogP contribution in [-0.2, 0) is 9.59 Å². The maximum Gasteiger partial charge on any atom is 0.291 e. The number of pyridine rings is 1. The largest absolute Gasteiger partial charge is 0.325 e. The number of carbonyl (C=O) groups is 2. The summed E-state index contributed by atoms with van der Waals surface area (Å²) < 4.78 is 14.5. The second-order valence-corrected chi connectivity index (χ2v) is 8.92. The summed E-state index contributed by atoms with van der Waals surface area (Å²) in [6.07, 6.45) is 3.23. The van der Waals surface area contributed by atoms with Crippen molar-refractivity contribution < 1.29 is 14.0 Å². The first-order valence-corrected chi connectivity index (χ1v) is 11.6. The number of halogens is 1. The Morgan fingerprint density at radius 1 is 1.03 bits per heavy atom. The van der Waals surface area contributed by atoms with Crippen LogP contribution >= 0.6 is 11.3 Å². The molecular formula is C25H15FN6O3S. The SMILES string of the molecule is O=C(CN1C(=O)C(=c2sc3nc(-c4cccnc4)nn3c2=O)c2ccccc21)Nc1ccc(F)cc1. The van der Waals surface area contributed by atoms with Gasteiger partial charge in [0, 0.05) is 29.2 Å². The van der Waals surface area contributed by atoms with E-state index in [9.17, 15) is 18.8 Å². The monoisotopic (exact) mass is 498 g/mol. The smallest absolute Gasteiger partial charge is 0.291 e. The van der Waals surface area contributed by atoms with Crippen molar-refractivity contribution in [3.63, 3.8) is 0 Å². The Morgan fingerprint density at radius 3 is 2.58 bits per heavy atom. The van der Waals surface area contributed by atoms with Crippen LogP contribution in [0.4, 0.5) is 15.8 Å². The molecule has 3 aromatic heterocycles. The van der Waals surface area contributed by atoms with Gasteiger partial charge in [-0.3, -0.25) is 24.3 Å². The van der Waals surface area contributed by atoms with Crippen molar-refractivity contribution in [1.82, 2.24) is 19.6 Å². The van der Waals surface area contributed by atoms with Gasteiger partial charge in [-0.05, 0) is 42.5 Å². The van der Waals surface area contributed by atoms with Gasteiger partial charge in [0.2, 0.25) is 10.9 Å². The molecule has 0 saturated heterocycles. The van der Waals surface area contributed by atoms with Crippen LogP contribution in [0.25, 0.3) is 21.9 Å². The van der Waals surface area contributed by atoms with E-state index in [0.717, 1.165) is 11.3 Å². The van der Waals surface area contributed by atoms with Crippen molar-refractivity contribution in [3.8, 4) is 11.4 Å². The normalized spacial score (nSPS) is 14.4. The highest BCUT2D eigenvalue weighted by Gasteiger charge is 2.35. The van der Waals surface area contributed by atoms with Crippen LogP contribution in [0.15, 0.2) is 77.9 Å². The molecule has 1 aliphatic heterocycles. The predicted octanol–water partition coefficient (Wildman–Crippen LogP) is 2.26. The highest BCUT2D eigenvalue weighted by Crippen LogP contribution is 2.35. The van der Waals surface area contributed by atoms with E-state index < -0.39 is 23.2 Å². The van der Waals surface area contributed by atoms with Crippen molar-refractivity contribution in [1.29, 1.82) is 0 Å². The molecule has 6 rings (SSSR count). The summed E-state index contributed by atoms with van der Waals surface area (Å²) in [5, 5.41) is 6.97. The first-order chi connectivity index (χ1) is 17.5. The maximum atomic E-state index is 13.5. The zero-order valence-corrected chi connectivity index (χ0v) is 19.2. The molecular weight excluding hydrogens is 483 g/mol. The third kappa shape index (κ3) is 3.62. The number of nitrogens with one attached hydrogen (secondary N) is 1. The molecule has 0 radical (unpaired) electrons. The second kappa shape index (κ2) is 8.47. The Labute approximate surface area is 206 Å². The Morgan fingerprint density at radius 2 is 1.83 bits per heavy atom. The molecule has 11 heteroatoms. The van der Waals surface area contributed by atoms with E-state index in [1.165, 1.54) is 33.7 Å². The van der Waals surface area contributed by atoms with Crippen molar-refractivity contribution >= 4 is 45.1 Å². The fourth-order valence-electron chi connectivity index (χ4n) is 4.04. The van der Waals surface area contributed by atoms with Crippen LogP contribution in [0.5, 0.6) is 0 Å². The van der Waals surface area contributed by atoms with Crippen LogP contribution in [-0.4, -0.2) is 37.9 Å². The van der Waals surface area contributed by atoms with Gasteiger partial charge in [0.1, 0.15) is 16.9 Å². The topological polar surface area (TPSA) is 110 Å². The first-order valence-electron chi connectivity index (χ1n) is 10.8. The number of hydrogen-bond donors (Lipinski definition) is 1.